The van der Waals surface area contributed by atoms with E-state index in [0.717, 1.165) is 19.4 Å². The van der Waals surface area contributed by atoms with Gasteiger partial charge in [-0.05, 0) is 51.9 Å². The molecule has 22 heavy (non-hydrogen) atoms. The third kappa shape index (κ3) is 3.47. The number of likely N-dealkylation sites (tertiary alicyclic amines) is 1. The van der Waals surface area contributed by atoms with Crippen molar-refractivity contribution < 1.29 is 9.59 Å². The average molecular weight is 303 g/mol. The predicted molar refractivity (Wildman–Crippen MR) is 86.7 cm³/mol. The molecule has 2 rings (SSSR count). The molecule has 1 aliphatic rings. The minimum Gasteiger partial charge on any atom is -0.354 e. The van der Waals surface area contributed by atoms with Gasteiger partial charge in [-0.3, -0.25) is 9.59 Å². The van der Waals surface area contributed by atoms with Gasteiger partial charge in [0.15, 0.2) is 0 Å². The second-order valence-electron chi connectivity index (χ2n) is 5.91. The summed E-state index contributed by atoms with van der Waals surface area (Å²) in [6, 6.07) is 9.17. The van der Waals surface area contributed by atoms with Gasteiger partial charge < -0.3 is 15.5 Å². The van der Waals surface area contributed by atoms with Gasteiger partial charge in [-0.2, -0.15) is 0 Å². The highest BCUT2D eigenvalue weighted by Gasteiger charge is 2.45. The molecular formula is C17H25N3O2. The summed E-state index contributed by atoms with van der Waals surface area (Å²) >= 11 is 0. The molecule has 1 aliphatic heterocycles. The monoisotopic (exact) mass is 303 g/mol. The van der Waals surface area contributed by atoms with E-state index in [1.54, 1.807) is 17.0 Å². The summed E-state index contributed by atoms with van der Waals surface area (Å²) in [4.78, 5) is 26.9. The van der Waals surface area contributed by atoms with Gasteiger partial charge in [0, 0.05) is 18.7 Å². The van der Waals surface area contributed by atoms with E-state index in [4.69, 9.17) is 0 Å². The van der Waals surface area contributed by atoms with Gasteiger partial charge in [-0.15, -0.1) is 0 Å². The number of carbonyl (C=O) groups is 2. The Bertz CT molecular complexity index is 518. The summed E-state index contributed by atoms with van der Waals surface area (Å²) in [6.07, 6.45) is 2.45. The molecule has 0 spiro atoms. The Kier molecular flexibility index (Phi) is 5.55. The number of benzene rings is 1. The van der Waals surface area contributed by atoms with Crippen LogP contribution in [0.25, 0.3) is 0 Å². The molecule has 1 atom stereocenters. The maximum Gasteiger partial charge on any atom is 0.254 e. The Hall–Kier alpha value is -1.88. The van der Waals surface area contributed by atoms with Gasteiger partial charge in [0.2, 0.25) is 5.91 Å². The van der Waals surface area contributed by atoms with Gasteiger partial charge in [0.1, 0.15) is 5.54 Å². The van der Waals surface area contributed by atoms with Crippen LogP contribution in [0.1, 0.15) is 36.5 Å². The van der Waals surface area contributed by atoms with Crippen LogP contribution in [-0.4, -0.2) is 48.9 Å². The van der Waals surface area contributed by atoms with E-state index in [-0.39, 0.29) is 11.8 Å². The maximum atomic E-state index is 12.7. The van der Waals surface area contributed by atoms with Gasteiger partial charge in [0.25, 0.3) is 5.91 Å². The van der Waals surface area contributed by atoms with Crippen LogP contribution < -0.4 is 10.6 Å². The van der Waals surface area contributed by atoms with Crippen molar-refractivity contribution in [1.82, 2.24) is 15.5 Å². The molecule has 1 unspecified atom stereocenters. The normalized spacial score (nSPS) is 20.9. The second kappa shape index (κ2) is 7.40. The minimum atomic E-state index is -0.743. The molecule has 0 aromatic heterocycles. The van der Waals surface area contributed by atoms with Crippen LogP contribution in [0, 0.1) is 0 Å². The lowest BCUT2D eigenvalue weighted by molar-refractivity contribution is -0.129. The van der Waals surface area contributed by atoms with E-state index < -0.39 is 5.54 Å². The Morgan fingerprint density at radius 1 is 1.23 bits per heavy atom. The van der Waals surface area contributed by atoms with Crippen LogP contribution in [-0.2, 0) is 4.79 Å². The zero-order chi connectivity index (χ0) is 16.0. The van der Waals surface area contributed by atoms with Crippen molar-refractivity contribution in [2.75, 3.05) is 26.7 Å². The zero-order valence-electron chi connectivity index (χ0n) is 13.4. The molecule has 2 N–H and O–H groups in total. The first-order chi connectivity index (χ1) is 10.6. The molecule has 5 heteroatoms. The fraction of sp³-hybridized carbons (Fsp3) is 0.529. The molecule has 2 amide bonds. The summed E-state index contributed by atoms with van der Waals surface area (Å²) < 4.78 is 0. The molecule has 5 nitrogen and oxygen atoms in total. The quantitative estimate of drug-likeness (QED) is 0.781. The molecular weight excluding hydrogens is 278 g/mol. The standard InChI is InChI=1S/C17H25N3O2/c1-17(16(22)19-12-7-11-18-2)10-6-13-20(17)15(21)14-8-4-3-5-9-14/h3-5,8-9,18H,6-7,10-13H2,1-2H3,(H,19,22). The predicted octanol–water partition coefficient (Wildman–Crippen LogP) is 1.41. The highest BCUT2D eigenvalue weighted by Crippen LogP contribution is 2.30. The molecule has 1 fully saturated rings. The largest absolute Gasteiger partial charge is 0.354 e. The Balaban J connectivity index is 2.05. The first-order valence-corrected chi connectivity index (χ1v) is 7.89. The third-order valence-electron chi connectivity index (χ3n) is 4.29. The van der Waals surface area contributed by atoms with Crippen molar-refractivity contribution in [2.24, 2.45) is 0 Å². The SMILES string of the molecule is CNCCCNC(=O)C1(C)CCCN1C(=O)c1ccccc1. The van der Waals surface area contributed by atoms with E-state index in [9.17, 15) is 9.59 Å². The zero-order valence-corrected chi connectivity index (χ0v) is 13.4. The summed E-state index contributed by atoms with van der Waals surface area (Å²) in [6.45, 7) is 3.99. The van der Waals surface area contributed by atoms with E-state index in [0.29, 0.717) is 25.1 Å². The van der Waals surface area contributed by atoms with Gasteiger partial charge >= 0.3 is 0 Å². The van der Waals surface area contributed by atoms with Crippen LogP contribution in [0.15, 0.2) is 30.3 Å². The molecule has 0 saturated carbocycles. The average Bonchev–Trinajstić information content (AvgIpc) is 2.94. The summed E-state index contributed by atoms with van der Waals surface area (Å²) in [5.74, 6) is -0.114. The Morgan fingerprint density at radius 2 is 1.95 bits per heavy atom. The maximum absolute atomic E-state index is 12.7. The van der Waals surface area contributed by atoms with Crippen molar-refractivity contribution in [2.45, 2.75) is 31.7 Å². The fourth-order valence-electron chi connectivity index (χ4n) is 2.92. The second-order valence-corrected chi connectivity index (χ2v) is 5.91. The van der Waals surface area contributed by atoms with Crippen molar-refractivity contribution in [3.63, 3.8) is 0 Å². The van der Waals surface area contributed by atoms with Gasteiger partial charge in [-0.1, -0.05) is 18.2 Å². The molecule has 0 radical (unpaired) electrons. The molecule has 0 aliphatic carbocycles. The van der Waals surface area contributed by atoms with Crippen LogP contribution >= 0.6 is 0 Å². The van der Waals surface area contributed by atoms with Crippen molar-refractivity contribution in [1.29, 1.82) is 0 Å². The number of amides is 2. The Morgan fingerprint density at radius 3 is 2.64 bits per heavy atom. The number of rotatable bonds is 6. The van der Waals surface area contributed by atoms with E-state index in [1.165, 1.54) is 0 Å². The van der Waals surface area contributed by atoms with Crippen molar-refractivity contribution >= 4 is 11.8 Å². The topological polar surface area (TPSA) is 61.4 Å². The van der Waals surface area contributed by atoms with Crippen LogP contribution in [0.4, 0.5) is 0 Å². The first kappa shape index (κ1) is 16.5. The summed E-state index contributed by atoms with van der Waals surface area (Å²) in [5, 5.41) is 6.02. The lowest BCUT2D eigenvalue weighted by Crippen LogP contribution is -2.55. The molecule has 1 saturated heterocycles. The highest BCUT2D eigenvalue weighted by molar-refractivity contribution is 5.99. The smallest absolute Gasteiger partial charge is 0.254 e. The van der Waals surface area contributed by atoms with E-state index in [2.05, 4.69) is 10.6 Å². The highest BCUT2D eigenvalue weighted by atomic mass is 16.2. The number of hydrogen-bond donors (Lipinski definition) is 2. The number of nitrogens with zero attached hydrogens (tertiary/aromatic N) is 1. The third-order valence-corrected chi connectivity index (χ3v) is 4.29. The fourth-order valence-corrected chi connectivity index (χ4v) is 2.92. The van der Waals surface area contributed by atoms with E-state index in [1.807, 2.05) is 32.2 Å². The minimum absolute atomic E-state index is 0.0506. The number of hydrogen-bond acceptors (Lipinski definition) is 3. The van der Waals surface area contributed by atoms with Gasteiger partial charge in [-0.25, -0.2) is 0 Å². The van der Waals surface area contributed by atoms with Crippen molar-refractivity contribution in [3.8, 4) is 0 Å². The van der Waals surface area contributed by atoms with Crippen LogP contribution in [0.3, 0.4) is 0 Å². The first-order valence-electron chi connectivity index (χ1n) is 7.89. The molecule has 0 bridgehead atoms. The lowest BCUT2D eigenvalue weighted by atomic mass is 9.96. The molecule has 1 aromatic rings. The number of nitrogens with one attached hydrogen (secondary N) is 2. The van der Waals surface area contributed by atoms with Crippen LogP contribution in [0.2, 0.25) is 0 Å². The Labute approximate surface area is 132 Å². The number of carbonyl (C=O) groups excluding carboxylic acids is 2. The summed E-state index contributed by atoms with van der Waals surface area (Å²) in [7, 11) is 1.89. The van der Waals surface area contributed by atoms with E-state index >= 15 is 0 Å². The van der Waals surface area contributed by atoms with Crippen molar-refractivity contribution in [3.05, 3.63) is 35.9 Å². The molecule has 120 valence electrons. The molecule has 1 aromatic carbocycles. The molecule has 1 heterocycles. The summed E-state index contributed by atoms with van der Waals surface area (Å²) in [5.41, 5.74) is -0.106. The lowest BCUT2D eigenvalue weighted by Gasteiger charge is -2.34. The van der Waals surface area contributed by atoms with Gasteiger partial charge in [0.05, 0.1) is 0 Å². The van der Waals surface area contributed by atoms with Crippen LogP contribution in [0.5, 0.6) is 0 Å².